The molecule has 0 amide bonds. The maximum Gasteiger partial charge on any atom is 0.310 e. The highest BCUT2D eigenvalue weighted by molar-refractivity contribution is 14.1. The number of piperidine rings is 1. The molecule has 0 aliphatic carbocycles. The number of hydrogen-bond acceptors (Lipinski definition) is 3. The van der Waals surface area contributed by atoms with Crippen LogP contribution in [0.3, 0.4) is 0 Å². The molecule has 2 fully saturated rings. The van der Waals surface area contributed by atoms with Crippen molar-refractivity contribution in [1.29, 1.82) is 0 Å². The summed E-state index contributed by atoms with van der Waals surface area (Å²) < 4.78 is 7.66. The summed E-state index contributed by atoms with van der Waals surface area (Å²) >= 11 is 4.73. The molecule has 0 saturated carbocycles. The summed E-state index contributed by atoms with van der Waals surface area (Å²) in [5, 5.41) is 0. The van der Waals surface area contributed by atoms with Crippen molar-refractivity contribution in [3.63, 3.8) is 0 Å². The number of rotatable bonds is 2. The van der Waals surface area contributed by atoms with E-state index < -0.39 is 0 Å². The predicted octanol–water partition coefficient (Wildman–Crippen LogP) is 3.64. The van der Waals surface area contributed by atoms with Gasteiger partial charge in [-0.1, -0.05) is 6.07 Å². The fourth-order valence-corrected chi connectivity index (χ4v) is 4.88. The molecule has 2 aliphatic rings. The van der Waals surface area contributed by atoms with Crippen molar-refractivity contribution in [2.75, 3.05) is 14.2 Å². The minimum atomic E-state index is -0.0502. The fraction of sp³-hybridized carbons (Fsp3) is 0.562. The maximum absolute atomic E-state index is 12.4. The number of carbonyl (C=O) groups is 1. The van der Waals surface area contributed by atoms with Gasteiger partial charge in [-0.15, -0.1) is 0 Å². The van der Waals surface area contributed by atoms with Crippen LogP contribution in [0.25, 0.3) is 0 Å². The molecule has 114 valence electrons. The number of hydrogen-bond donors (Lipinski definition) is 0. The van der Waals surface area contributed by atoms with E-state index in [1.54, 1.807) is 0 Å². The Morgan fingerprint density at radius 1 is 1.29 bits per heavy atom. The van der Waals surface area contributed by atoms with Crippen LogP contribution in [0, 0.1) is 13.1 Å². The van der Waals surface area contributed by atoms with Crippen LogP contribution in [0.4, 0.5) is 0 Å². The second-order valence-electron chi connectivity index (χ2n) is 6.03. The van der Waals surface area contributed by atoms with E-state index in [0.29, 0.717) is 12.1 Å². The first-order valence-electron chi connectivity index (χ1n) is 7.27. The summed E-state index contributed by atoms with van der Waals surface area (Å²) in [4.78, 5) is 14.8. The SMILES string of the molecule is COC(=O)[C@H]1[C@@H](c2ccc(I)c(I)c2)C[C@@H]2CC[C@H]1N2C. The molecule has 0 spiro atoms. The Hall–Kier alpha value is 0.110. The number of halogens is 2. The molecule has 1 aromatic rings. The monoisotopic (exact) mass is 511 g/mol. The number of nitrogens with zero attached hydrogens (tertiary/aromatic N) is 1. The van der Waals surface area contributed by atoms with Crippen LogP contribution in [-0.2, 0) is 9.53 Å². The summed E-state index contributed by atoms with van der Waals surface area (Å²) in [6, 6.07) is 7.53. The minimum absolute atomic E-state index is 0.0328. The fourth-order valence-electron chi connectivity index (χ4n) is 4.01. The van der Waals surface area contributed by atoms with Crippen LogP contribution in [0.1, 0.15) is 30.7 Å². The van der Waals surface area contributed by atoms with E-state index in [-0.39, 0.29) is 17.8 Å². The van der Waals surface area contributed by atoms with Gasteiger partial charge >= 0.3 is 5.97 Å². The van der Waals surface area contributed by atoms with E-state index in [1.165, 1.54) is 26.2 Å². The second-order valence-corrected chi connectivity index (χ2v) is 8.35. The maximum atomic E-state index is 12.4. The Balaban J connectivity index is 1.98. The van der Waals surface area contributed by atoms with Crippen LogP contribution >= 0.6 is 45.2 Å². The number of fused-ring (bicyclic) bond motifs is 2. The Morgan fingerprint density at radius 3 is 2.71 bits per heavy atom. The lowest BCUT2D eigenvalue weighted by molar-refractivity contribution is -0.150. The zero-order valence-electron chi connectivity index (χ0n) is 12.2. The summed E-state index contributed by atoms with van der Waals surface area (Å²) in [6.07, 6.45) is 3.37. The third-order valence-electron chi connectivity index (χ3n) is 5.11. The first-order valence-corrected chi connectivity index (χ1v) is 9.43. The van der Waals surface area contributed by atoms with Crippen LogP contribution in [-0.4, -0.2) is 37.1 Å². The normalized spacial score (nSPS) is 32.2. The van der Waals surface area contributed by atoms with Crippen molar-refractivity contribution >= 4 is 51.2 Å². The molecule has 2 aliphatic heterocycles. The van der Waals surface area contributed by atoms with E-state index in [2.05, 4.69) is 75.3 Å². The first-order chi connectivity index (χ1) is 10.0. The highest BCUT2D eigenvalue weighted by Crippen LogP contribution is 2.46. The van der Waals surface area contributed by atoms with Gasteiger partial charge in [0, 0.05) is 25.1 Å². The van der Waals surface area contributed by atoms with Gasteiger partial charge in [0.05, 0.1) is 13.0 Å². The molecule has 4 atom stereocenters. The average Bonchev–Trinajstić information content (AvgIpc) is 2.72. The largest absolute Gasteiger partial charge is 0.469 e. The summed E-state index contributed by atoms with van der Waals surface area (Å²) in [5.41, 5.74) is 1.29. The van der Waals surface area contributed by atoms with Crippen LogP contribution in [0.2, 0.25) is 0 Å². The number of esters is 1. The number of carbonyl (C=O) groups excluding carboxylic acids is 1. The van der Waals surface area contributed by atoms with Gasteiger partial charge in [-0.25, -0.2) is 0 Å². The number of benzene rings is 1. The van der Waals surface area contributed by atoms with E-state index in [0.717, 1.165) is 12.8 Å². The molecular weight excluding hydrogens is 492 g/mol. The van der Waals surface area contributed by atoms with Crippen molar-refractivity contribution < 1.29 is 9.53 Å². The van der Waals surface area contributed by atoms with E-state index >= 15 is 0 Å². The Labute approximate surface area is 153 Å². The Kier molecular flexibility index (Phi) is 4.80. The van der Waals surface area contributed by atoms with Crippen molar-refractivity contribution in [3.8, 4) is 0 Å². The van der Waals surface area contributed by atoms with Crippen LogP contribution in [0.5, 0.6) is 0 Å². The highest BCUT2D eigenvalue weighted by Gasteiger charge is 2.49. The molecule has 0 aromatic heterocycles. The zero-order chi connectivity index (χ0) is 15.1. The average molecular weight is 511 g/mol. The smallest absolute Gasteiger partial charge is 0.310 e. The van der Waals surface area contributed by atoms with Crippen molar-refractivity contribution in [2.45, 2.75) is 37.3 Å². The molecule has 2 saturated heterocycles. The third kappa shape index (κ3) is 2.85. The molecule has 0 radical (unpaired) electrons. The molecular formula is C16H19I2NO2. The number of ether oxygens (including phenoxy) is 1. The van der Waals surface area contributed by atoms with Gasteiger partial charge in [0.2, 0.25) is 0 Å². The van der Waals surface area contributed by atoms with Gasteiger partial charge in [-0.3, -0.25) is 9.69 Å². The van der Waals surface area contributed by atoms with Gasteiger partial charge in [0.25, 0.3) is 0 Å². The molecule has 2 bridgehead atoms. The zero-order valence-corrected chi connectivity index (χ0v) is 16.5. The standard InChI is InChI=1S/C16H19I2NO2/c1-19-10-4-6-14(19)15(16(20)21-2)11(8-10)9-3-5-12(17)13(18)7-9/h3,5,7,10-11,14-15H,4,6,8H2,1-2H3/t10-,11+,14+,15-/m0/s1. The first kappa shape index (κ1) is 16.0. The van der Waals surface area contributed by atoms with Crippen molar-refractivity contribution in [2.24, 2.45) is 5.92 Å². The number of methoxy groups -OCH3 is 1. The predicted molar refractivity (Wildman–Crippen MR) is 99.3 cm³/mol. The Morgan fingerprint density at radius 2 is 2.05 bits per heavy atom. The van der Waals surface area contributed by atoms with Crippen LogP contribution in [0.15, 0.2) is 18.2 Å². The molecule has 3 rings (SSSR count). The Bertz CT molecular complexity index is 563. The van der Waals surface area contributed by atoms with Crippen LogP contribution < -0.4 is 0 Å². The highest BCUT2D eigenvalue weighted by atomic mass is 127. The lowest BCUT2D eigenvalue weighted by atomic mass is 9.76. The molecule has 1 aromatic carbocycles. The molecule has 0 unspecified atom stereocenters. The van der Waals surface area contributed by atoms with Gasteiger partial charge < -0.3 is 4.74 Å². The van der Waals surface area contributed by atoms with E-state index in [9.17, 15) is 4.79 Å². The third-order valence-corrected chi connectivity index (χ3v) is 7.98. The summed E-state index contributed by atoms with van der Waals surface area (Å²) in [5.74, 6) is 0.206. The molecule has 21 heavy (non-hydrogen) atoms. The summed E-state index contributed by atoms with van der Waals surface area (Å²) in [7, 11) is 3.67. The van der Waals surface area contributed by atoms with Gasteiger partial charge in [0.1, 0.15) is 0 Å². The van der Waals surface area contributed by atoms with Gasteiger partial charge in [-0.2, -0.15) is 0 Å². The summed E-state index contributed by atoms with van der Waals surface area (Å²) in [6.45, 7) is 0. The quantitative estimate of drug-likeness (QED) is 0.449. The van der Waals surface area contributed by atoms with Crippen molar-refractivity contribution in [1.82, 2.24) is 4.90 Å². The van der Waals surface area contributed by atoms with E-state index in [1.807, 2.05) is 0 Å². The van der Waals surface area contributed by atoms with Gasteiger partial charge in [-0.05, 0) is 89.2 Å². The van der Waals surface area contributed by atoms with E-state index in [4.69, 9.17) is 4.74 Å². The topological polar surface area (TPSA) is 29.5 Å². The molecule has 2 heterocycles. The van der Waals surface area contributed by atoms with Crippen molar-refractivity contribution in [3.05, 3.63) is 30.9 Å². The minimum Gasteiger partial charge on any atom is -0.469 e. The molecule has 0 N–H and O–H groups in total. The lowest BCUT2D eigenvalue weighted by Gasteiger charge is -2.41. The molecule has 5 heteroatoms. The molecule has 3 nitrogen and oxygen atoms in total. The van der Waals surface area contributed by atoms with Gasteiger partial charge in [0.15, 0.2) is 0 Å². The second kappa shape index (κ2) is 6.31. The lowest BCUT2D eigenvalue weighted by Crippen LogP contribution is -2.49.